The Morgan fingerprint density at radius 1 is 1.33 bits per heavy atom. The summed E-state index contributed by atoms with van der Waals surface area (Å²) in [5.74, 6) is 0. The average molecular weight is 143 g/mol. The van der Waals surface area contributed by atoms with Crippen LogP contribution in [0, 0.1) is 0 Å². The molecule has 0 aliphatic carbocycles. The molecule has 0 amide bonds. The van der Waals surface area contributed by atoms with Crippen molar-refractivity contribution < 1.29 is 0 Å². The minimum Gasteiger partial charge on any atom is -0.299 e. The van der Waals surface area contributed by atoms with Crippen LogP contribution in [0.4, 0.5) is 0 Å². The van der Waals surface area contributed by atoms with Crippen LogP contribution in [-0.4, -0.2) is 34.5 Å². The molecule has 9 heavy (non-hydrogen) atoms. The van der Waals surface area contributed by atoms with Crippen LogP contribution < -0.4 is 0 Å². The van der Waals surface area contributed by atoms with Crippen LogP contribution in [-0.2, 0) is 0 Å². The van der Waals surface area contributed by atoms with Crippen LogP contribution in [0.5, 0.6) is 0 Å². The third kappa shape index (κ3) is 0.987. The summed E-state index contributed by atoms with van der Waals surface area (Å²) in [6, 6.07) is 0.776. The van der Waals surface area contributed by atoms with Crippen molar-refractivity contribution in [2.75, 3.05) is 13.1 Å². The minimum atomic E-state index is 0.776. The van der Waals surface area contributed by atoms with E-state index in [1.807, 2.05) is 0 Å². The van der Waals surface area contributed by atoms with Crippen LogP contribution in [0.2, 0.25) is 0 Å². The predicted octanol–water partition coefficient (Wildman–Crippen LogP) is 1.19. The molecule has 1 nitrogen and oxygen atoms in total. The SMILES string of the molecule is CC(C)N1CC2SC2C1. The lowest BCUT2D eigenvalue weighted by atomic mass is 10.3. The van der Waals surface area contributed by atoms with E-state index >= 15 is 0 Å². The molecular weight excluding hydrogens is 130 g/mol. The monoisotopic (exact) mass is 143 g/mol. The van der Waals surface area contributed by atoms with Gasteiger partial charge in [0.2, 0.25) is 0 Å². The topological polar surface area (TPSA) is 3.24 Å². The predicted molar refractivity (Wildman–Crippen MR) is 41.9 cm³/mol. The molecule has 0 aromatic heterocycles. The van der Waals surface area contributed by atoms with Gasteiger partial charge in [-0.3, -0.25) is 4.90 Å². The largest absolute Gasteiger partial charge is 0.299 e. The third-order valence-electron chi connectivity index (χ3n) is 2.25. The molecule has 2 fully saturated rings. The number of fused-ring (bicyclic) bond motifs is 1. The molecule has 2 rings (SSSR count). The van der Waals surface area contributed by atoms with Crippen LogP contribution in [0.15, 0.2) is 0 Å². The number of hydrogen-bond acceptors (Lipinski definition) is 2. The lowest BCUT2D eigenvalue weighted by molar-refractivity contribution is 0.275. The zero-order valence-corrected chi connectivity index (χ0v) is 6.82. The van der Waals surface area contributed by atoms with Crippen molar-refractivity contribution in [3.63, 3.8) is 0 Å². The van der Waals surface area contributed by atoms with Gasteiger partial charge in [-0.15, -0.1) is 0 Å². The summed E-state index contributed by atoms with van der Waals surface area (Å²) in [5.41, 5.74) is 0. The van der Waals surface area contributed by atoms with E-state index in [9.17, 15) is 0 Å². The molecule has 2 aliphatic rings. The zero-order chi connectivity index (χ0) is 6.43. The first-order valence-corrected chi connectivity index (χ1v) is 4.61. The molecule has 0 saturated carbocycles. The van der Waals surface area contributed by atoms with Gasteiger partial charge in [0.15, 0.2) is 0 Å². The van der Waals surface area contributed by atoms with Crippen molar-refractivity contribution in [2.24, 2.45) is 0 Å². The van der Waals surface area contributed by atoms with E-state index in [0.717, 1.165) is 16.5 Å². The van der Waals surface area contributed by atoms with E-state index in [1.165, 1.54) is 13.1 Å². The van der Waals surface area contributed by atoms with Crippen LogP contribution in [0.3, 0.4) is 0 Å². The molecule has 2 aliphatic heterocycles. The van der Waals surface area contributed by atoms with Crippen LogP contribution >= 0.6 is 11.8 Å². The van der Waals surface area contributed by atoms with Crippen molar-refractivity contribution in [1.29, 1.82) is 0 Å². The molecule has 0 radical (unpaired) electrons. The normalized spacial score (nSPS) is 41.7. The second-order valence-corrected chi connectivity index (χ2v) is 4.74. The summed E-state index contributed by atoms with van der Waals surface area (Å²) in [4.78, 5) is 2.58. The fourth-order valence-electron chi connectivity index (χ4n) is 1.46. The first-order valence-electron chi connectivity index (χ1n) is 3.67. The first kappa shape index (κ1) is 6.05. The van der Waals surface area contributed by atoms with Gasteiger partial charge in [-0.05, 0) is 13.8 Å². The second kappa shape index (κ2) is 1.89. The quantitative estimate of drug-likeness (QED) is 0.507. The van der Waals surface area contributed by atoms with Gasteiger partial charge in [-0.2, -0.15) is 11.8 Å². The van der Waals surface area contributed by atoms with Gasteiger partial charge in [-0.25, -0.2) is 0 Å². The molecule has 0 N–H and O–H groups in total. The summed E-state index contributed by atoms with van der Waals surface area (Å²) in [6.45, 7) is 7.28. The van der Waals surface area contributed by atoms with Crippen LogP contribution in [0.1, 0.15) is 13.8 Å². The fraction of sp³-hybridized carbons (Fsp3) is 1.00. The van der Waals surface area contributed by atoms with Gasteiger partial charge in [0.05, 0.1) is 0 Å². The minimum absolute atomic E-state index is 0.776. The number of nitrogens with zero attached hydrogens (tertiary/aromatic N) is 1. The van der Waals surface area contributed by atoms with E-state index in [4.69, 9.17) is 0 Å². The summed E-state index contributed by atoms with van der Waals surface area (Å²) in [6.07, 6.45) is 0. The maximum absolute atomic E-state index is 2.58. The third-order valence-corrected chi connectivity index (χ3v) is 3.59. The van der Waals surface area contributed by atoms with Gasteiger partial charge in [0.1, 0.15) is 0 Å². The van der Waals surface area contributed by atoms with Gasteiger partial charge >= 0.3 is 0 Å². The molecule has 2 unspecified atom stereocenters. The maximum Gasteiger partial charge on any atom is 0.0310 e. The fourth-order valence-corrected chi connectivity index (χ4v) is 2.54. The zero-order valence-electron chi connectivity index (χ0n) is 6.00. The van der Waals surface area contributed by atoms with Gasteiger partial charge in [0.25, 0.3) is 0 Å². The highest BCUT2D eigenvalue weighted by atomic mass is 32.2. The Kier molecular flexibility index (Phi) is 1.27. The highest BCUT2D eigenvalue weighted by molar-refractivity contribution is 8.07. The Morgan fingerprint density at radius 3 is 2.22 bits per heavy atom. The van der Waals surface area contributed by atoms with Crippen molar-refractivity contribution in [3.8, 4) is 0 Å². The van der Waals surface area contributed by atoms with Crippen molar-refractivity contribution in [2.45, 2.75) is 30.4 Å². The Bertz CT molecular complexity index is 114. The lowest BCUT2D eigenvalue weighted by Crippen LogP contribution is -2.30. The summed E-state index contributed by atoms with van der Waals surface area (Å²) < 4.78 is 0. The molecule has 0 aromatic carbocycles. The summed E-state index contributed by atoms with van der Waals surface area (Å²) in [7, 11) is 0. The molecule has 52 valence electrons. The molecule has 0 aromatic rings. The average Bonchev–Trinajstić information content (AvgIpc) is 2.40. The van der Waals surface area contributed by atoms with Crippen molar-refractivity contribution >= 4 is 11.8 Å². The summed E-state index contributed by atoms with van der Waals surface area (Å²) in [5, 5.41) is 2.04. The number of rotatable bonds is 1. The second-order valence-electron chi connectivity index (χ2n) is 3.26. The summed E-state index contributed by atoms with van der Waals surface area (Å²) >= 11 is 2.16. The number of thioether (sulfide) groups is 1. The van der Waals surface area contributed by atoms with E-state index in [-0.39, 0.29) is 0 Å². The smallest absolute Gasteiger partial charge is 0.0310 e. The number of likely N-dealkylation sites (tertiary alicyclic amines) is 1. The van der Waals surface area contributed by atoms with Gasteiger partial charge in [-0.1, -0.05) is 0 Å². The van der Waals surface area contributed by atoms with E-state index in [2.05, 4.69) is 30.5 Å². The van der Waals surface area contributed by atoms with E-state index in [0.29, 0.717) is 0 Å². The number of hydrogen-bond donors (Lipinski definition) is 0. The first-order chi connectivity index (χ1) is 4.27. The highest BCUT2D eigenvalue weighted by Gasteiger charge is 2.46. The van der Waals surface area contributed by atoms with E-state index < -0.39 is 0 Å². The van der Waals surface area contributed by atoms with Gasteiger partial charge in [0, 0.05) is 29.6 Å². The molecule has 2 heterocycles. The molecule has 2 saturated heterocycles. The molecule has 2 atom stereocenters. The standard InChI is InChI=1S/C7H13NS/c1-5(2)8-3-6-7(4-8)9-6/h5-7H,3-4H2,1-2H3. The van der Waals surface area contributed by atoms with Crippen molar-refractivity contribution in [1.82, 2.24) is 4.90 Å². The molecule has 0 bridgehead atoms. The van der Waals surface area contributed by atoms with E-state index in [1.54, 1.807) is 0 Å². The van der Waals surface area contributed by atoms with Gasteiger partial charge < -0.3 is 0 Å². The Hall–Kier alpha value is 0.310. The molecular formula is C7H13NS. The Labute approximate surface area is 60.8 Å². The Balaban J connectivity index is 1.90. The lowest BCUT2D eigenvalue weighted by Gasteiger charge is -2.20. The highest BCUT2D eigenvalue weighted by Crippen LogP contribution is 2.47. The van der Waals surface area contributed by atoms with Crippen molar-refractivity contribution in [3.05, 3.63) is 0 Å². The Morgan fingerprint density at radius 2 is 1.89 bits per heavy atom. The maximum atomic E-state index is 2.58. The van der Waals surface area contributed by atoms with Crippen LogP contribution in [0.25, 0.3) is 0 Å². The molecule has 0 spiro atoms. The molecule has 2 heteroatoms.